The molecule has 2 N–H and O–H groups in total. The lowest BCUT2D eigenvalue weighted by Gasteiger charge is -2.18. The minimum absolute atomic E-state index is 0.116. The number of thioether (sulfide) groups is 1. The number of nitrogens with one attached hydrogen (secondary N) is 1. The number of carboxylic acids is 1. The van der Waals surface area contributed by atoms with Gasteiger partial charge in [0.1, 0.15) is 11.1 Å². The number of benzene rings is 3. The number of carbonyl (C=O) groups is 2. The van der Waals surface area contributed by atoms with Crippen LogP contribution in [0.5, 0.6) is 17.2 Å². The Labute approximate surface area is 241 Å². The summed E-state index contributed by atoms with van der Waals surface area (Å²) in [6, 6.07) is 23.0. The lowest BCUT2D eigenvalue weighted by atomic mass is 9.98. The molecule has 1 aromatic heterocycles. The zero-order chi connectivity index (χ0) is 29.5. The van der Waals surface area contributed by atoms with Crippen molar-refractivity contribution in [2.75, 3.05) is 26.6 Å². The van der Waals surface area contributed by atoms with Crippen molar-refractivity contribution in [3.63, 3.8) is 0 Å². The molecule has 41 heavy (non-hydrogen) atoms. The number of aromatic nitrogens is 1. The monoisotopic (exact) mass is 569 g/mol. The molecular formula is C31H27N3O6S. The van der Waals surface area contributed by atoms with Crippen molar-refractivity contribution in [1.29, 1.82) is 5.26 Å². The number of nitrogens with zero attached hydrogens (tertiary/aromatic N) is 2. The third-order valence-corrected chi connectivity index (χ3v) is 7.29. The molecule has 0 saturated heterocycles. The number of aromatic carboxylic acids is 1. The van der Waals surface area contributed by atoms with Crippen LogP contribution in [-0.4, -0.2) is 48.5 Å². The van der Waals surface area contributed by atoms with Gasteiger partial charge in [0.25, 0.3) is 0 Å². The number of carbonyl (C=O) groups excluding carboxylic acids is 1. The van der Waals surface area contributed by atoms with Gasteiger partial charge in [0.2, 0.25) is 11.7 Å². The van der Waals surface area contributed by atoms with Crippen molar-refractivity contribution >= 4 is 29.3 Å². The van der Waals surface area contributed by atoms with Crippen molar-refractivity contribution in [1.82, 2.24) is 4.98 Å². The Balaban J connectivity index is 1.77. The van der Waals surface area contributed by atoms with Crippen molar-refractivity contribution < 1.29 is 28.9 Å². The van der Waals surface area contributed by atoms with Crippen molar-refractivity contribution in [3.8, 4) is 45.7 Å². The maximum atomic E-state index is 13.1. The Morgan fingerprint density at radius 2 is 1.56 bits per heavy atom. The summed E-state index contributed by atoms with van der Waals surface area (Å²) < 4.78 is 16.5. The lowest BCUT2D eigenvalue weighted by Crippen LogP contribution is -2.22. The molecule has 0 aliphatic carbocycles. The van der Waals surface area contributed by atoms with Crippen LogP contribution in [0.4, 0.5) is 5.69 Å². The van der Waals surface area contributed by atoms with Crippen LogP contribution in [0.25, 0.3) is 22.4 Å². The van der Waals surface area contributed by atoms with E-state index in [0.29, 0.717) is 44.8 Å². The van der Waals surface area contributed by atoms with E-state index in [1.54, 1.807) is 19.1 Å². The van der Waals surface area contributed by atoms with E-state index in [2.05, 4.69) is 11.4 Å². The van der Waals surface area contributed by atoms with Gasteiger partial charge in [-0.2, -0.15) is 5.26 Å². The Hall–Kier alpha value is -5.01. The molecule has 1 heterocycles. The molecule has 4 rings (SSSR count). The van der Waals surface area contributed by atoms with Crippen LogP contribution in [0, 0.1) is 11.3 Å². The summed E-state index contributed by atoms with van der Waals surface area (Å²) in [6.07, 6.45) is 0. The van der Waals surface area contributed by atoms with Crippen molar-refractivity contribution in [2.45, 2.75) is 17.2 Å². The van der Waals surface area contributed by atoms with Crippen LogP contribution in [0.2, 0.25) is 0 Å². The van der Waals surface area contributed by atoms with Gasteiger partial charge in [-0.05, 0) is 55.0 Å². The summed E-state index contributed by atoms with van der Waals surface area (Å²) in [6.45, 7) is 1.71. The van der Waals surface area contributed by atoms with Crippen LogP contribution < -0.4 is 19.5 Å². The van der Waals surface area contributed by atoms with E-state index in [1.807, 2.05) is 36.4 Å². The normalized spacial score (nSPS) is 11.2. The lowest BCUT2D eigenvalue weighted by molar-refractivity contribution is -0.115. The topological polar surface area (TPSA) is 131 Å². The minimum atomic E-state index is -1.05. The largest absolute Gasteiger partial charge is 0.493 e. The second-order valence-electron chi connectivity index (χ2n) is 8.76. The van der Waals surface area contributed by atoms with Gasteiger partial charge >= 0.3 is 5.97 Å². The average Bonchev–Trinajstić information content (AvgIpc) is 3.00. The minimum Gasteiger partial charge on any atom is -0.493 e. The molecule has 0 bridgehead atoms. The second kappa shape index (κ2) is 12.9. The van der Waals surface area contributed by atoms with E-state index in [-0.39, 0.29) is 17.0 Å². The highest BCUT2D eigenvalue weighted by Crippen LogP contribution is 2.43. The number of pyridine rings is 1. The van der Waals surface area contributed by atoms with Gasteiger partial charge in [-0.15, -0.1) is 0 Å². The van der Waals surface area contributed by atoms with E-state index in [9.17, 15) is 14.9 Å². The predicted molar refractivity (Wildman–Crippen MR) is 157 cm³/mol. The number of nitriles is 1. The van der Waals surface area contributed by atoms with Gasteiger partial charge in [0.05, 0.1) is 43.4 Å². The summed E-state index contributed by atoms with van der Waals surface area (Å²) in [7, 11) is 4.55. The van der Waals surface area contributed by atoms with Crippen molar-refractivity contribution in [3.05, 3.63) is 83.9 Å². The quantitative estimate of drug-likeness (QED) is 0.217. The molecule has 0 radical (unpaired) electrons. The highest BCUT2D eigenvalue weighted by molar-refractivity contribution is 8.00. The number of anilines is 1. The highest BCUT2D eigenvalue weighted by atomic mass is 32.2. The Bertz CT molecular complexity index is 1590. The summed E-state index contributed by atoms with van der Waals surface area (Å²) >= 11 is 1.15. The Morgan fingerprint density at radius 1 is 0.927 bits per heavy atom. The fourth-order valence-electron chi connectivity index (χ4n) is 4.10. The smallest absolute Gasteiger partial charge is 0.335 e. The number of hydrogen-bond donors (Lipinski definition) is 2. The number of carboxylic acid groups (broad SMARTS) is 1. The molecule has 0 aliphatic heterocycles. The van der Waals surface area contributed by atoms with E-state index >= 15 is 0 Å². The number of rotatable bonds is 10. The molecule has 1 unspecified atom stereocenters. The van der Waals surface area contributed by atoms with E-state index in [0.717, 1.165) is 17.3 Å². The third kappa shape index (κ3) is 6.42. The van der Waals surface area contributed by atoms with Crippen LogP contribution in [0.3, 0.4) is 0 Å². The molecule has 208 valence electrons. The van der Waals surface area contributed by atoms with Gasteiger partial charge in [-0.1, -0.05) is 42.1 Å². The highest BCUT2D eigenvalue weighted by Gasteiger charge is 2.23. The van der Waals surface area contributed by atoms with Gasteiger partial charge in [0.15, 0.2) is 11.5 Å². The van der Waals surface area contributed by atoms with Gasteiger partial charge in [-0.25, -0.2) is 9.78 Å². The Kier molecular flexibility index (Phi) is 9.12. The maximum Gasteiger partial charge on any atom is 0.335 e. The number of hydrogen-bond acceptors (Lipinski definition) is 8. The van der Waals surface area contributed by atoms with Crippen LogP contribution >= 0.6 is 11.8 Å². The summed E-state index contributed by atoms with van der Waals surface area (Å²) in [4.78, 5) is 29.0. The van der Waals surface area contributed by atoms with Crippen LogP contribution in [0.15, 0.2) is 77.8 Å². The first-order valence-corrected chi connectivity index (χ1v) is 13.3. The first-order valence-electron chi connectivity index (χ1n) is 12.4. The SMILES string of the molecule is COc1cc(-c2cc(-c3ccccc3)nc(SC(C)C(=O)Nc3ccc(C(=O)O)cc3)c2C#N)cc(OC)c1OC. The summed E-state index contributed by atoms with van der Waals surface area (Å²) in [5, 5.41) is 21.9. The number of ether oxygens (including phenoxy) is 3. The molecule has 0 fully saturated rings. The molecule has 1 atom stereocenters. The molecule has 10 heteroatoms. The van der Waals surface area contributed by atoms with E-state index in [4.69, 9.17) is 24.3 Å². The second-order valence-corrected chi connectivity index (χ2v) is 10.1. The Morgan fingerprint density at radius 3 is 2.10 bits per heavy atom. The zero-order valence-electron chi connectivity index (χ0n) is 22.8. The van der Waals surface area contributed by atoms with E-state index in [1.165, 1.54) is 45.6 Å². The molecule has 0 saturated carbocycles. The average molecular weight is 570 g/mol. The molecule has 9 nitrogen and oxygen atoms in total. The van der Waals surface area contributed by atoms with E-state index < -0.39 is 11.2 Å². The molecule has 0 aliphatic rings. The third-order valence-electron chi connectivity index (χ3n) is 6.20. The van der Waals surface area contributed by atoms with Crippen LogP contribution in [-0.2, 0) is 4.79 Å². The predicted octanol–water partition coefficient (Wildman–Crippen LogP) is 6.13. The number of methoxy groups -OCH3 is 3. The molecule has 1 amide bonds. The maximum absolute atomic E-state index is 13.1. The fraction of sp³-hybridized carbons (Fsp3) is 0.161. The van der Waals surface area contributed by atoms with Crippen molar-refractivity contribution in [2.24, 2.45) is 0 Å². The molecule has 4 aromatic rings. The first kappa shape index (κ1) is 29.0. The molecule has 0 spiro atoms. The number of amides is 1. The molecular weight excluding hydrogens is 542 g/mol. The van der Waals surface area contributed by atoms with Gasteiger partial charge in [0, 0.05) is 16.8 Å². The van der Waals surface area contributed by atoms with Gasteiger partial charge < -0.3 is 24.6 Å². The summed E-state index contributed by atoms with van der Waals surface area (Å²) in [5.41, 5.74) is 3.54. The van der Waals surface area contributed by atoms with Gasteiger partial charge in [-0.3, -0.25) is 4.79 Å². The van der Waals surface area contributed by atoms with Crippen LogP contribution in [0.1, 0.15) is 22.8 Å². The standard InChI is InChI=1S/C31H27N3O6S/c1-18(29(35)33-22-12-10-20(11-13-22)31(36)37)41-30-24(17-32)23(16-25(34-30)19-8-6-5-7-9-19)21-14-26(38-2)28(40-4)27(15-21)39-3/h5-16,18H,1-4H3,(H,33,35)(H,36,37). The fourth-order valence-corrected chi connectivity index (χ4v) is 5.02. The summed E-state index contributed by atoms with van der Waals surface area (Å²) in [5.74, 6) is -0.100. The molecule has 3 aromatic carbocycles. The zero-order valence-corrected chi connectivity index (χ0v) is 23.6. The first-order chi connectivity index (χ1) is 19.8.